The highest BCUT2D eigenvalue weighted by Crippen LogP contribution is 2.31. The van der Waals surface area contributed by atoms with E-state index in [1.54, 1.807) is 11.8 Å². The van der Waals surface area contributed by atoms with Crippen LogP contribution in [0.5, 0.6) is 5.75 Å². The number of rotatable bonds is 4. The molecular formula is C22H23N5O2. The van der Waals surface area contributed by atoms with E-state index in [9.17, 15) is 4.79 Å². The predicted molar refractivity (Wildman–Crippen MR) is 113 cm³/mol. The quantitative estimate of drug-likeness (QED) is 0.574. The van der Waals surface area contributed by atoms with Gasteiger partial charge < -0.3 is 14.5 Å². The molecule has 0 saturated carbocycles. The molecule has 0 aliphatic rings. The van der Waals surface area contributed by atoms with Gasteiger partial charge in [0.25, 0.3) is 5.91 Å². The Balaban J connectivity index is 1.72. The average molecular weight is 389 g/mol. The van der Waals surface area contributed by atoms with Gasteiger partial charge in [0.05, 0.1) is 29.7 Å². The zero-order chi connectivity index (χ0) is 20.7. The van der Waals surface area contributed by atoms with Gasteiger partial charge in [-0.25, -0.2) is 4.98 Å². The molecule has 29 heavy (non-hydrogen) atoms. The maximum absolute atomic E-state index is 12.9. The minimum Gasteiger partial charge on any atom is -0.495 e. The van der Waals surface area contributed by atoms with Crippen LogP contribution in [0.4, 0.5) is 5.69 Å². The second-order valence-electron chi connectivity index (χ2n) is 7.13. The van der Waals surface area contributed by atoms with Gasteiger partial charge in [0.2, 0.25) is 0 Å². The monoisotopic (exact) mass is 389 g/mol. The van der Waals surface area contributed by atoms with E-state index >= 15 is 0 Å². The maximum Gasteiger partial charge on any atom is 0.259 e. The second kappa shape index (κ2) is 7.09. The molecule has 0 spiro atoms. The van der Waals surface area contributed by atoms with E-state index in [0.29, 0.717) is 22.7 Å². The van der Waals surface area contributed by atoms with Gasteiger partial charge in [-0.1, -0.05) is 0 Å². The van der Waals surface area contributed by atoms with Crippen LogP contribution >= 0.6 is 0 Å². The van der Waals surface area contributed by atoms with Crippen LogP contribution in [-0.4, -0.2) is 32.2 Å². The third-order valence-corrected chi connectivity index (χ3v) is 5.10. The molecule has 7 nitrogen and oxygen atoms in total. The van der Waals surface area contributed by atoms with E-state index in [1.807, 2.05) is 74.9 Å². The molecule has 3 heterocycles. The van der Waals surface area contributed by atoms with E-state index in [4.69, 9.17) is 9.72 Å². The van der Waals surface area contributed by atoms with Crippen molar-refractivity contribution in [2.75, 3.05) is 12.4 Å². The number of amides is 1. The first kappa shape index (κ1) is 18.7. The molecule has 7 heteroatoms. The third-order valence-electron chi connectivity index (χ3n) is 5.10. The molecular weight excluding hydrogens is 366 g/mol. The molecule has 0 aliphatic heterocycles. The smallest absolute Gasteiger partial charge is 0.259 e. The number of carbonyl (C=O) groups excluding carboxylic acids is 1. The Morgan fingerprint density at radius 1 is 1.14 bits per heavy atom. The van der Waals surface area contributed by atoms with Gasteiger partial charge in [0.1, 0.15) is 11.4 Å². The minimum atomic E-state index is -0.214. The van der Waals surface area contributed by atoms with Crippen LogP contribution in [0.3, 0.4) is 0 Å². The molecule has 148 valence electrons. The van der Waals surface area contributed by atoms with Crippen molar-refractivity contribution < 1.29 is 9.53 Å². The number of carbonyl (C=O) groups is 1. The van der Waals surface area contributed by atoms with Crippen LogP contribution in [0, 0.1) is 20.8 Å². The minimum absolute atomic E-state index is 0.214. The van der Waals surface area contributed by atoms with Gasteiger partial charge >= 0.3 is 0 Å². The van der Waals surface area contributed by atoms with Crippen LogP contribution in [0.25, 0.3) is 16.9 Å². The molecule has 0 radical (unpaired) electrons. The van der Waals surface area contributed by atoms with Crippen molar-refractivity contribution in [1.82, 2.24) is 19.2 Å². The van der Waals surface area contributed by atoms with Gasteiger partial charge in [0.15, 0.2) is 0 Å². The van der Waals surface area contributed by atoms with Crippen molar-refractivity contribution >= 4 is 17.2 Å². The van der Waals surface area contributed by atoms with Crippen molar-refractivity contribution in [1.29, 1.82) is 0 Å². The summed E-state index contributed by atoms with van der Waals surface area (Å²) >= 11 is 0. The largest absolute Gasteiger partial charge is 0.495 e. The molecule has 3 aromatic heterocycles. The van der Waals surface area contributed by atoms with Gasteiger partial charge in [0, 0.05) is 30.7 Å². The summed E-state index contributed by atoms with van der Waals surface area (Å²) in [5.41, 5.74) is 6.40. The summed E-state index contributed by atoms with van der Waals surface area (Å²) in [6.07, 6.45) is 3.96. The normalized spacial score (nSPS) is 11.1. The number of aromatic nitrogens is 4. The van der Waals surface area contributed by atoms with Gasteiger partial charge in [-0.05, 0) is 56.7 Å². The third kappa shape index (κ3) is 3.35. The summed E-state index contributed by atoms with van der Waals surface area (Å²) in [6, 6.07) is 9.72. The number of pyridine rings is 1. The number of benzene rings is 1. The first-order valence-electron chi connectivity index (χ1n) is 9.32. The number of nitrogens with zero attached hydrogens (tertiary/aromatic N) is 4. The Hall–Kier alpha value is -3.61. The number of hydrogen-bond acceptors (Lipinski definition) is 4. The van der Waals surface area contributed by atoms with Crippen LogP contribution < -0.4 is 10.1 Å². The van der Waals surface area contributed by atoms with Crippen LogP contribution in [0.2, 0.25) is 0 Å². The van der Waals surface area contributed by atoms with E-state index < -0.39 is 0 Å². The Kier molecular flexibility index (Phi) is 4.58. The molecule has 0 saturated heterocycles. The summed E-state index contributed by atoms with van der Waals surface area (Å²) in [4.78, 5) is 17.6. The fourth-order valence-corrected chi connectivity index (χ4v) is 3.47. The summed E-state index contributed by atoms with van der Waals surface area (Å²) in [7, 11) is 3.41. The summed E-state index contributed by atoms with van der Waals surface area (Å²) in [5.74, 6) is 0.370. The van der Waals surface area contributed by atoms with Crippen molar-refractivity contribution in [3.8, 4) is 17.0 Å². The van der Waals surface area contributed by atoms with Gasteiger partial charge in [-0.3, -0.25) is 9.48 Å². The number of hydrogen-bond donors (Lipinski definition) is 1. The number of aryl methyl sites for hydroxylation is 3. The lowest BCUT2D eigenvalue weighted by Crippen LogP contribution is -2.14. The number of fused-ring (bicyclic) bond motifs is 1. The van der Waals surface area contributed by atoms with Crippen LogP contribution in [-0.2, 0) is 7.05 Å². The van der Waals surface area contributed by atoms with Gasteiger partial charge in [-0.2, -0.15) is 5.10 Å². The molecule has 0 fully saturated rings. The van der Waals surface area contributed by atoms with Crippen molar-refractivity contribution in [3.63, 3.8) is 0 Å². The Morgan fingerprint density at radius 3 is 2.62 bits per heavy atom. The summed E-state index contributed by atoms with van der Waals surface area (Å²) in [6.45, 7) is 5.74. The zero-order valence-electron chi connectivity index (χ0n) is 17.1. The standard InChI is InChI=1S/C22H23N5O2/c1-13-8-9-27-12-18(23-20(27)10-13)16-6-7-19(29-5)17(11-16)24-22(28)21-14(2)25-26(4)15(21)3/h6-12H,1-5H3,(H,24,28). The fourth-order valence-electron chi connectivity index (χ4n) is 3.47. The van der Waals surface area contributed by atoms with Crippen LogP contribution in [0.15, 0.2) is 42.7 Å². The highest BCUT2D eigenvalue weighted by Gasteiger charge is 2.19. The topological polar surface area (TPSA) is 73.5 Å². The van der Waals surface area contributed by atoms with Crippen LogP contribution in [0.1, 0.15) is 27.3 Å². The van der Waals surface area contributed by atoms with E-state index in [1.165, 1.54) is 0 Å². The van der Waals surface area contributed by atoms with Crippen molar-refractivity contribution in [2.45, 2.75) is 20.8 Å². The first-order valence-corrected chi connectivity index (χ1v) is 9.32. The lowest BCUT2D eigenvalue weighted by atomic mass is 10.1. The average Bonchev–Trinajstić information content (AvgIpc) is 3.21. The van der Waals surface area contributed by atoms with Gasteiger partial charge in [-0.15, -0.1) is 0 Å². The number of nitrogens with one attached hydrogen (secondary N) is 1. The Morgan fingerprint density at radius 2 is 1.93 bits per heavy atom. The SMILES string of the molecule is COc1ccc(-c2cn3ccc(C)cc3n2)cc1NC(=O)c1c(C)nn(C)c1C. The summed E-state index contributed by atoms with van der Waals surface area (Å²) in [5, 5.41) is 7.30. The molecule has 1 N–H and O–H groups in total. The zero-order valence-corrected chi connectivity index (χ0v) is 17.1. The maximum atomic E-state index is 12.9. The first-order chi connectivity index (χ1) is 13.9. The molecule has 1 aromatic carbocycles. The number of ether oxygens (including phenoxy) is 1. The Bertz CT molecular complexity index is 1240. The second-order valence-corrected chi connectivity index (χ2v) is 7.13. The lowest BCUT2D eigenvalue weighted by Gasteiger charge is -2.12. The number of methoxy groups -OCH3 is 1. The van der Waals surface area contributed by atoms with E-state index in [-0.39, 0.29) is 5.91 Å². The molecule has 1 amide bonds. The Labute approximate surface area is 169 Å². The number of imidazole rings is 1. The van der Waals surface area contributed by atoms with E-state index in [2.05, 4.69) is 10.4 Å². The summed E-state index contributed by atoms with van der Waals surface area (Å²) < 4.78 is 9.14. The molecule has 4 rings (SSSR count). The van der Waals surface area contributed by atoms with Crippen molar-refractivity contribution in [2.24, 2.45) is 7.05 Å². The lowest BCUT2D eigenvalue weighted by molar-refractivity contribution is 0.102. The predicted octanol–water partition coefficient (Wildman–Crippen LogP) is 3.92. The molecule has 0 unspecified atom stereocenters. The molecule has 0 aliphatic carbocycles. The fraction of sp³-hybridized carbons (Fsp3) is 0.227. The number of anilines is 1. The molecule has 0 atom stereocenters. The molecule has 0 bridgehead atoms. The van der Waals surface area contributed by atoms with E-state index in [0.717, 1.165) is 28.2 Å². The highest BCUT2D eigenvalue weighted by atomic mass is 16.5. The highest BCUT2D eigenvalue weighted by molar-refractivity contribution is 6.06. The van der Waals surface area contributed by atoms with Crippen molar-refractivity contribution in [3.05, 3.63) is 65.2 Å². The molecule has 4 aromatic rings.